The molecule has 0 saturated heterocycles. The van der Waals surface area contributed by atoms with Crippen LogP contribution in [0.25, 0.3) is 10.6 Å². The molecule has 0 fully saturated rings. The summed E-state index contributed by atoms with van der Waals surface area (Å²) in [6.45, 7) is 7.31. The molecule has 2 rings (SSSR count). The van der Waals surface area contributed by atoms with E-state index in [4.69, 9.17) is 0 Å². The van der Waals surface area contributed by atoms with Crippen molar-refractivity contribution < 1.29 is 0 Å². The second-order valence-electron chi connectivity index (χ2n) is 4.43. The van der Waals surface area contributed by atoms with Crippen LogP contribution in [0, 0.1) is 6.92 Å². The largest absolute Gasteiger partial charge is 0.308 e. The third-order valence-electron chi connectivity index (χ3n) is 3.02. The van der Waals surface area contributed by atoms with Gasteiger partial charge in [0.1, 0.15) is 10.0 Å². The third-order valence-corrected chi connectivity index (χ3v) is 4.96. The number of hydrogen-bond donors (Lipinski definition) is 1. The van der Waals surface area contributed by atoms with Gasteiger partial charge in [0.25, 0.3) is 0 Å². The Morgan fingerprint density at radius 2 is 2.11 bits per heavy atom. The van der Waals surface area contributed by atoms with Crippen LogP contribution in [-0.2, 0) is 0 Å². The van der Waals surface area contributed by atoms with E-state index in [-0.39, 0.29) is 0 Å². The number of benzene rings is 1. The van der Waals surface area contributed by atoms with Gasteiger partial charge in [-0.1, -0.05) is 53.2 Å². The maximum absolute atomic E-state index is 4.33. The molecule has 0 aliphatic rings. The van der Waals surface area contributed by atoms with Gasteiger partial charge in [0.2, 0.25) is 0 Å². The maximum atomic E-state index is 4.33. The van der Waals surface area contributed by atoms with Crippen molar-refractivity contribution in [2.45, 2.75) is 33.2 Å². The molecule has 1 unspecified atom stereocenters. The number of nitrogens with one attached hydrogen (secondary N) is 1. The van der Waals surface area contributed by atoms with Gasteiger partial charge in [-0.25, -0.2) is 0 Å². The highest BCUT2D eigenvalue weighted by Crippen LogP contribution is 2.30. The van der Waals surface area contributed by atoms with Gasteiger partial charge in [0, 0.05) is 10.0 Å². The van der Waals surface area contributed by atoms with Gasteiger partial charge >= 0.3 is 0 Å². The van der Waals surface area contributed by atoms with Crippen LogP contribution in [-0.4, -0.2) is 16.7 Å². The molecule has 5 heteroatoms. The Morgan fingerprint density at radius 3 is 2.74 bits per heavy atom. The van der Waals surface area contributed by atoms with E-state index in [2.05, 4.69) is 70.4 Å². The molecule has 0 saturated carbocycles. The van der Waals surface area contributed by atoms with Crippen LogP contribution in [0.2, 0.25) is 0 Å². The number of hydrogen-bond acceptors (Lipinski definition) is 4. The van der Waals surface area contributed by atoms with Crippen molar-refractivity contribution in [2.75, 3.05) is 6.54 Å². The molecule has 19 heavy (non-hydrogen) atoms. The first-order valence-electron chi connectivity index (χ1n) is 6.49. The van der Waals surface area contributed by atoms with Gasteiger partial charge in [-0.2, -0.15) is 0 Å². The molecule has 102 valence electrons. The Hall–Kier alpha value is -0.780. The topological polar surface area (TPSA) is 37.8 Å². The van der Waals surface area contributed by atoms with Gasteiger partial charge in [0.15, 0.2) is 0 Å². The summed E-state index contributed by atoms with van der Waals surface area (Å²) in [6.07, 6.45) is 1.03. The van der Waals surface area contributed by atoms with E-state index < -0.39 is 0 Å². The number of nitrogens with zero attached hydrogens (tertiary/aromatic N) is 2. The molecule has 0 aliphatic heterocycles. The fraction of sp³-hybridized carbons (Fsp3) is 0.429. The van der Waals surface area contributed by atoms with Crippen molar-refractivity contribution in [1.82, 2.24) is 15.5 Å². The van der Waals surface area contributed by atoms with Crippen LogP contribution >= 0.6 is 27.3 Å². The van der Waals surface area contributed by atoms with E-state index in [0.29, 0.717) is 6.04 Å². The summed E-state index contributed by atoms with van der Waals surface area (Å²) in [5.74, 6) is 0. The molecule has 0 bridgehead atoms. The lowest BCUT2D eigenvalue weighted by Gasteiger charge is -2.10. The summed E-state index contributed by atoms with van der Waals surface area (Å²) in [5.41, 5.74) is 2.35. The summed E-state index contributed by atoms with van der Waals surface area (Å²) >= 11 is 5.23. The van der Waals surface area contributed by atoms with E-state index in [1.54, 1.807) is 11.3 Å². The van der Waals surface area contributed by atoms with E-state index in [1.807, 2.05) is 0 Å². The van der Waals surface area contributed by atoms with Crippen molar-refractivity contribution in [2.24, 2.45) is 0 Å². The SMILES string of the molecule is CCNC(CC)c1nnc(-c2ccc(C)c(Br)c2)s1. The molecular weight excluding hydrogens is 322 g/mol. The molecule has 0 amide bonds. The predicted molar refractivity (Wildman–Crippen MR) is 84.5 cm³/mol. The number of halogens is 1. The van der Waals surface area contributed by atoms with E-state index in [9.17, 15) is 0 Å². The molecule has 0 aliphatic carbocycles. The molecule has 1 aromatic heterocycles. The zero-order valence-corrected chi connectivity index (χ0v) is 13.8. The zero-order valence-electron chi connectivity index (χ0n) is 11.4. The molecule has 0 spiro atoms. The Kier molecular flexibility index (Phi) is 5.07. The van der Waals surface area contributed by atoms with Crippen LogP contribution in [0.15, 0.2) is 22.7 Å². The molecule has 1 atom stereocenters. The average Bonchev–Trinajstić information content (AvgIpc) is 2.88. The highest BCUT2D eigenvalue weighted by Gasteiger charge is 2.15. The predicted octanol–water partition coefficient (Wildman–Crippen LogP) is 4.34. The van der Waals surface area contributed by atoms with E-state index in [0.717, 1.165) is 33.0 Å². The molecular formula is C14H18BrN3S. The molecule has 0 radical (unpaired) electrons. The first-order chi connectivity index (χ1) is 9.15. The first kappa shape index (κ1) is 14.6. The Morgan fingerprint density at radius 1 is 1.32 bits per heavy atom. The van der Waals surface area contributed by atoms with Crippen LogP contribution < -0.4 is 5.32 Å². The zero-order chi connectivity index (χ0) is 13.8. The maximum Gasteiger partial charge on any atom is 0.147 e. The fourth-order valence-electron chi connectivity index (χ4n) is 1.87. The second-order valence-corrected chi connectivity index (χ2v) is 6.29. The second kappa shape index (κ2) is 6.59. The molecule has 1 N–H and O–H groups in total. The average molecular weight is 340 g/mol. The highest BCUT2D eigenvalue weighted by atomic mass is 79.9. The summed E-state index contributed by atoms with van der Waals surface area (Å²) in [4.78, 5) is 0. The van der Waals surface area contributed by atoms with E-state index in [1.165, 1.54) is 5.56 Å². The van der Waals surface area contributed by atoms with Crippen molar-refractivity contribution in [1.29, 1.82) is 0 Å². The van der Waals surface area contributed by atoms with Crippen molar-refractivity contribution in [3.63, 3.8) is 0 Å². The first-order valence-corrected chi connectivity index (χ1v) is 8.10. The van der Waals surface area contributed by atoms with Crippen LogP contribution in [0.3, 0.4) is 0 Å². The molecule has 1 heterocycles. The normalized spacial score (nSPS) is 12.6. The smallest absolute Gasteiger partial charge is 0.147 e. The summed E-state index contributed by atoms with van der Waals surface area (Å²) < 4.78 is 1.11. The van der Waals surface area contributed by atoms with Crippen LogP contribution in [0.5, 0.6) is 0 Å². The van der Waals surface area contributed by atoms with Crippen LogP contribution in [0.1, 0.15) is 36.9 Å². The van der Waals surface area contributed by atoms with Gasteiger partial charge in [0.05, 0.1) is 6.04 Å². The quantitative estimate of drug-likeness (QED) is 0.880. The van der Waals surface area contributed by atoms with Crippen molar-refractivity contribution >= 4 is 27.3 Å². The number of rotatable bonds is 5. The molecule has 1 aromatic carbocycles. The van der Waals surface area contributed by atoms with Gasteiger partial charge < -0.3 is 5.32 Å². The third kappa shape index (κ3) is 3.41. The number of aromatic nitrogens is 2. The van der Waals surface area contributed by atoms with Crippen molar-refractivity contribution in [3.8, 4) is 10.6 Å². The standard InChI is InChI=1S/C14H18BrN3S/c1-4-12(16-5-2)14-18-17-13(19-14)10-7-6-9(3)11(15)8-10/h6-8,12,16H,4-5H2,1-3H3. The lowest BCUT2D eigenvalue weighted by atomic mass is 10.2. The molecule has 3 nitrogen and oxygen atoms in total. The Bertz CT molecular complexity index is 553. The monoisotopic (exact) mass is 339 g/mol. The Labute approximate surface area is 126 Å². The highest BCUT2D eigenvalue weighted by molar-refractivity contribution is 9.10. The minimum atomic E-state index is 0.310. The summed E-state index contributed by atoms with van der Waals surface area (Å²) in [7, 11) is 0. The molecule has 2 aromatic rings. The Balaban J connectivity index is 2.27. The minimum absolute atomic E-state index is 0.310. The van der Waals surface area contributed by atoms with Gasteiger partial charge in [-0.3, -0.25) is 0 Å². The summed E-state index contributed by atoms with van der Waals surface area (Å²) in [5, 5.41) is 14.1. The van der Waals surface area contributed by atoms with Gasteiger partial charge in [-0.05, 0) is 31.5 Å². The fourth-order valence-corrected chi connectivity index (χ4v) is 3.25. The van der Waals surface area contributed by atoms with E-state index >= 15 is 0 Å². The van der Waals surface area contributed by atoms with Crippen LogP contribution in [0.4, 0.5) is 0 Å². The lowest BCUT2D eigenvalue weighted by Crippen LogP contribution is -2.19. The minimum Gasteiger partial charge on any atom is -0.308 e. The van der Waals surface area contributed by atoms with Gasteiger partial charge in [-0.15, -0.1) is 10.2 Å². The van der Waals surface area contributed by atoms with Crippen molar-refractivity contribution in [3.05, 3.63) is 33.2 Å². The lowest BCUT2D eigenvalue weighted by molar-refractivity contribution is 0.531. The number of aryl methyl sites for hydroxylation is 1. The summed E-state index contributed by atoms with van der Waals surface area (Å²) in [6, 6.07) is 6.61.